The minimum Gasteiger partial charge on any atom is -0.368 e. The molecule has 4 aromatic heterocycles. The minimum absolute atomic E-state index is 0.0962. The van der Waals surface area contributed by atoms with Crippen molar-refractivity contribution in [1.29, 1.82) is 0 Å². The molecular weight excluding hydrogens is 509 g/mol. The topological polar surface area (TPSA) is 122 Å². The molecule has 10 nitrogen and oxygen atoms in total. The third kappa shape index (κ3) is 4.25. The highest BCUT2D eigenvalue weighted by atomic mass is 19.1. The van der Waals surface area contributed by atoms with Crippen molar-refractivity contribution >= 4 is 29.2 Å². The molecule has 0 aliphatic carbocycles. The van der Waals surface area contributed by atoms with Crippen LogP contribution in [0.1, 0.15) is 43.6 Å². The van der Waals surface area contributed by atoms with Gasteiger partial charge in [-0.2, -0.15) is 5.10 Å². The number of nitrogens with one attached hydrogen (secondary N) is 1. The molecule has 6 rings (SSSR count). The first-order chi connectivity index (χ1) is 19.5. The normalized spacial score (nSPS) is 15.2. The number of aliphatic imine (C=N–C) groups is 1. The number of H-pyrrole nitrogens is 1. The van der Waals surface area contributed by atoms with Crippen LogP contribution in [0, 0.1) is 5.82 Å². The molecule has 1 fully saturated rings. The van der Waals surface area contributed by atoms with Crippen LogP contribution in [0.2, 0.25) is 0 Å². The van der Waals surface area contributed by atoms with Gasteiger partial charge in [0.15, 0.2) is 17.2 Å². The molecule has 11 heteroatoms. The van der Waals surface area contributed by atoms with Crippen LogP contribution in [0.5, 0.6) is 0 Å². The van der Waals surface area contributed by atoms with E-state index in [0.29, 0.717) is 29.6 Å². The van der Waals surface area contributed by atoms with Crippen molar-refractivity contribution in [3.63, 3.8) is 0 Å². The second-order valence-corrected chi connectivity index (χ2v) is 9.59. The molecule has 0 bridgehead atoms. The number of unbranched alkanes of at least 4 members (excludes halogenated alkanes) is 1. The number of rotatable bonds is 8. The molecule has 1 aliphatic heterocycles. The maximum Gasteiger partial charge on any atom is 0.285 e. The summed E-state index contributed by atoms with van der Waals surface area (Å²) in [5, 5.41) is 4.73. The Morgan fingerprint density at radius 1 is 1.25 bits per heavy atom. The number of fused-ring (bicyclic) bond motifs is 1. The molecule has 3 N–H and O–H groups in total. The first-order valence-electron chi connectivity index (χ1n) is 13.1. The minimum atomic E-state index is -0.610. The first kappa shape index (κ1) is 25.2. The molecule has 1 aliphatic rings. The third-order valence-corrected chi connectivity index (χ3v) is 7.11. The van der Waals surface area contributed by atoms with Gasteiger partial charge in [0.1, 0.15) is 5.82 Å². The van der Waals surface area contributed by atoms with E-state index in [2.05, 4.69) is 33.4 Å². The molecule has 202 valence electrons. The summed E-state index contributed by atoms with van der Waals surface area (Å²) in [6.45, 7) is 7.24. The summed E-state index contributed by atoms with van der Waals surface area (Å²) in [7, 11) is 0. The summed E-state index contributed by atoms with van der Waals surface area (Å²) in [6.07, 6.45) is 11.1. The van der Waals surface area contributed by atoms with Crippen LogP contribution in [-0.4, -0.2) is 46.8 Å². The number of aromatic amines is 1. The highest BCUT2D eigenvalue weighted by molar-refractivity contribution is 5.86. The van der Waals surface area contributed by atoms with Crippen LogP contribution in [0.3, 0.4) is 0 Å². The Morgan fingerprint density at radius 2 is 2.02 bits per heavy atom. The van der Waals surface area contributed by atoms with Gasteiger partial charge in [-0.25, -0.2) is 23.9 Å². The van der Waals surface area contributed by atoms with Crippen LogP contribution in [0.4, 0.5) is 16.2 Å². The second kappa shape index (κ2) is 10.3. The molecule has 1 atom stereocenters. The molecule has 5 aromatic rings. The summed E-state index contributed by atoms with van der Waals surface area (Å²) in [5.41, 5.74) is 8.87. The lowest BCUT2D eigenvalue weighted by Crippen LogP contribution is -2.43. The van der Waals surface area contributed by atoms with Crippen LogP contribution in [0.15, 0.2) is 77.6 Å². The highest BCUT2D eigenvalue weighted by Crippen LogP contribution is 2.44. The van der Waals surface area contributed by atoms with Gasteiger partial charge in [-0.1, -0.05) is 38.1 Å². The van der Waals surface area contributed by atoms with E-state index in [1.54, 1.807) is 12.4 Å². The fourth-order valence-corrected chi connectivity index (χ4v) is 5.01. The van der Waals surface area contributed by atoms with Crippen molar-refractivity contribution in [2.24, 2.45) is 4.99 Å². The molecule has 0 amide bonds. The molecule has 0 radical (unpaired) electrons. The number of hydrogen-bond acceptors (Lipinski definition) is 7. The van der Waals surface area contributed by atoms with Crippen molar-refractivity contribution in [2.75, 3.05) is 12.3 Å². The molecule has 1 saturated heterocycles. The number of likely N-dealkylation sites (tertiary alicyclic amines) is 1. The predicted molar refractivity (Wildman–Crippen MR) is 153 cm³/mol. The van der Waals surface area contributed by atoms with E-state index in [0.717, 1.165) is 36.0 Å². The van der Waals surface area contributed by atoms with E-state index in [9.17, 15) is 9.18 Å². The van der Waals surface area contributed by atoms with E-state index >= 15 is 0 Å². The van der Waals surface area contributed by atoms with Crippen LogP contribution < -0.4 is 11.3 Å². The van der Waals surface area contributed by atoms with Gasteiger partial charge in [0.2, 0.25) is 5.95 Å². The van der Waals surface area contributed by atoms with E-state index in [1.807, 2.05) is 42.7 Å². The largest absolute Gasteiger partial charge is 0.368 e. The molecule has 1 aromatic carbocycles. The Labute approximate surface area is 229 Å². The number of nitrogen functional groups attached to an aromatic ring is 1. The van der Waals surface area contributed by atoms with Crippen molar-refractivity contribution in [2.45, 2.75) is 32.2 Å². The number of nitrogens with two attached hydrogens (primary N) is 1. The Morgan fingerprint density at radius 3 is 2.73 bits per heavy atom. The number of halogens is 1. The smallest absolute Gasteiger partial charge is 0.285 e. The molecule has 0 spiro atoms. The number of hydrogen-bond donors (Lipinski definition) is 2. The van der Waals surface area contributed by atoms with Gasteiger partial charge >= 0.3 is 0 Å². The van der Waals surface area contributed by atoms with Crippen LogP contribution in [-0.2, 0) is 0 Å². The number of benzene rings is 1. The molecule has 40 heavy (non-hydrogen) atoms. The lowest BCUT2D eigenvalue weighted by molar-refractivity contribution is 0.159. The summed E-state index contributed by atoms with van der Waals surface area (Å²) in [6, 6.07) is 10.1. The third-order valence-electron chi connectivity index (χ3n) is 7.11. The Hall–Kier alpha value is -5.06. The average molecular weight is 538 g/mol. The zero-order chi connectivity index (χ0) is 27.8. The van der Waals surface area contributed by atoms with Gasteiger partial charge in [-0.05, 0) is 31.0 Å². The Kier molecular flexibility index (Phi) is 6.47. The summed E-state index contributed by atoms with van der Waals surface area (Å²) < 4.78 is 17.4. The van der Waals surface area contributed by atoms with Gasteiger partial charge in [-0.15, -0.1) is 0 Å². The monoisotopic (exact) mass is 537 g/mol. The van der Waals surface area contributed by atoms with E-state index in [4.69, 9.17) is 15.8 Å². The Balaban J connectivity index is 1.46. The Bertz CT molecular complexity index is 1780. The summed E-state index contributed by atoms with van der Waals surface area (Å²) in [5.74, 6) is 0.731. The fourth-order valence-electron chi connectivity index (χ4n) is 5.01. The lowest BCUT2D eigenvalue weighted by atomic mass is 9.96. The summed E-state index contributed by atoms with van der Waals surface area (Å²) >= 11 is 0. The number of anilines is 1. The van der Waals surface area contributed by atoms with Gasteiger partial charge in [0.25, 0.3) is 5.56 Å². The van der Waals surface area contributed by atoms with Crippen molar-refractivity contribution < 1.29 is 4.39 Å². The van der Waals surface area contributed by atoms with Crippen LogP contribution in [0.25, 0.3) is 28.0 Å². The molecule has 0 saturated carbocycles. The van der Waals surface area contributed by atoms with Gasteiger partial charge in [-0.3, -0.25) is 9.36 Å². The summed E-state index contributed by atoms with van der Waals surface area (Å²) in [4.78, 5) is 32.0. The lowest BCUT2D eigenvalue weighted by Gasteiger charge is -2.44. The van der Waals surface area contributed by atoms with E-state index < -0.39 is 11.4 Å². The van der Waals surface area contributed by atoms with Gasteiger partial charge < -0.3 is 15.6 Å². The first-order valence-corrected chi connectivity index (χ1v) is 13.1. The quantitative estimate of drug-likeness (QED) is 0.271. The fraction of sp³-hybridized carbons (Fsp3) is 0.207. The van der Waals surface area contributed by atoms with E-state index in [1.165, 1.54) is 21.3 Å². The molecule has 1 unspecified atom stereocenters. The SMILES string of the molecule is C=C(c1c(-c2cnc(N)nc2)c[nH]c1N=CCCC)N1CCC1c1nn2ccc(F)c2c(=O)n1-c1ccccc1. The van der Waals surface area contributed by atoms with E-state index in [-0.39, 0.29) is 17.5 Å². The number of aromatic nitrogens is 6. The average Bonchev–Trinajstić information content (AvgIpc) is 3.53. The zero-order valence-electron chi connectivity index (χ0n) is 22.0. The standard InChI is InChI=1S/C29H28FN9O/c1-3-4-12-32-26-24(21(17-33-26)19-15-34-29(31)35-16-19)18(2)37-13-11-23(37)27-36-38-14-10-22(30)25(38)28(40)39(27)20-8-6-5-7-9-20/h5-10,12,14-17,23,33H,2-4,11,13H2,1H3,(H2,31,34,35). The van der Waals surface area contributed by atoms with Crippen LogP contribution >= 0.6 is 0 Å². The van der Waals surface area contributed by atoms with Crippen molar-refractivity contribution in [3.05, 3.63) is 95.3 Å². The van der Waals surface area contributed by atoms with Gasteiger partial charge in [0.05, 0.1) is 11.7 Å². The second-order valence-electron chi connectivity index (χ2n) is 9.59. The number of para-hydroxylation sites is 1. The van der Waals surface area contributed by atoms with Crippen molar-refractivity contribution in [3.8, 4) is 16.8 Å². The maximum atomic E-state index is 14.6. The zero-order valence-corrected chi connectivity index (χ0v) is 22.0. The highest BCUT2D eigenvalue weighted by Gasteiger charge is 2.37. The van der Waals surface area contributed by atoms with Gasteiger partial charge in [0, 0.05) is 59.9 Å². The van der Waals surface area contributed by atoms with Crippen molar-refractivity contribution in [1.82, 2.24) is 34.0 Å². The number of nitrogens with zero attached hydrogens (tertiary/aromatic N) is 7. The molecule has 5 heterocycles. The maximum absolute atomic E-state index is 14.6. The predicted octanol–water partition coefficient (Wildman–Crippen LogP) is 4.91. The molecular formula is C29H28FN9O.